The van der Waals surface area contributed by atoms with Gasteiger partial charge in [0.2, 0.25) is 0 Å². The van der Waals surface area contributed by atoms with Gasteiger partial charge in [-0.05, 0) is 51.3 Å². The molecule has 0 saturated carbocycles. The second kappa shape index (κ2) is 6.71. The van der Waals surface area contributed by atoms with Crippen molar-refractivity contribution in [3.63, 3.8) is 0 Å². The van der Waals surface area contributed by atoms with Crippen LogP contribution in [0.4, 0.5) is 0 Å². The topological polar surface area (TPSA) is 40.5 Å². The Kier molecular flexibility index (Phi) is 5.55. The van der Waals surface area contributed by atoms with Gasteiger partial charge >= 0.3 is 5.97 Å². The Bertz CT molecular complexity index is 440. The fourth-order valence-corrected chi connectivity index (χ4v) is 2.34. The van der Waals surface area contributed by atoms with E-state index in [0.29, 0.717) is 12.6 Å². The average molecular weight is 263 g/mol. The van der Waals surface area contributed by atoms with E-state index >= 15 is 0 Å². The molecule has 106 valence electrons. The first-order valence-corrected chi connectivity index (χ1v) is 6.87. The Morgan fingerprint density at radius 1 is 1.21 bits per heavy atom. The molecule has 3 heteroatoms. The van der Waals surface area contributed by atoms with E-state index in [9.17, 15) is 4.79 Å². The van der Waals surface area contributed by atoms with Gasteiger partial charge in [-0.3, -0.25) is 9.69 Å². The number of rotatable bonds is 6. The Morgan fingerprint density at radius 2 is 1.84 bits per heavy atom. The molecule has 0 saturated heterocycles. The van der Waals surface area contributed by atoms with Crippen molar-refractivity contribution >= 4 is 5.97 Å². The zero-order valence-electron chi connectivity index (χ0n) is 12.6. The fraction of sp³-hybridized carbons (Fsp3) is 0.562. The Hall–Kier alpha value is -1.35. The van der Waals surface area contributed by atoms with Crippen LogP contribution >= 0.6 is 0 Å². The summed E-state index contributed by atoms with van der Waals surface area (Å²) in [5, 5.41) is 8.85. The molecule has 0 spiro atoms. The van der Waals surface area contributed by atoms with Crippen LogP contribution in [0.3, 0.4) is 0 Å². The van der Waals surface area contributed by atoms with Crippen LogP contribution in [0.2, 0.25) is 0 Å². The van der Waals surface area contributed by atoms with Gasteiger partial charge in [-0.25, -0.2) is 0 Å². The second-order valence-corrected chi connectivity index (χ2v) is 5.49. The smallest absolute Gasteiger partial charge is 0.304 e. The van der Waals surface area contributed by atoms with Crippen LogP contribution in [0.1, 0.15) is 49.9 Å². The summed E-state index contributed by atoms with van der Waals surface area (Å²) in [6.45, 7) is 11.2. The number of carboxylic acid groups (broad SMARTS) is 1. The van der Waals surface area contributed by atoms with E-state index in [0.717, 1.165) is 0 Å². The van der Waals surface area contributed by atoms with E-state index in [4.69, 9.17) is 5.11 Å². The summed E-state index contributed by atoms with van der Waals surface area (Å²) in [5.41, 5.74) is 3.83. The van der Waals surface area contributed by atoms with E-state index in [1.165, 1.54) is 16.7 Å². The van der Waals surface area contributed by atoms with Gasteiger partial charge in [-0.1, -0.05) is 18.2 Å². The van der Waals surface area contributed by atoms with Crippen molar-refractivity contribution in [1.82, 2.24) is 4.90 Å². The van der Waals surface area contributed by atoms with Gasteiger partial charge < -0.3 is 5.11 Å². The number of benzene rings is 1. The van der Waals surface area contributed by atoms with E-state index in [1.807, 2.05) is 0 Å². The molecule has 0 radical (unpaired) electrons. The number of carboxylic acids is 1. The molecule has 1 aromatic carbocycles. The maximum absolute atomic E-state index is 10.8. The summed E-state index contributed by atoms with van der Waals surface area (Å²) in [7, 11) is 0. The molecular formula is C16H25NO2. The highest BCUT2D eigenvalue weighted by Crippen LogP contribution is 2.24. The van der Waals surface area contributed by atoms with Gasteiger partial charge in [0.05, 0.1) is 6.42 Å². The van der Waals surface area contributed by atoms with Crippen LogP contribution < -0.4 is 0 Å². The van der Waals surface area contributed by atoms with E-state index in [-0.39, 0.29) is 12.5 Å². The molecule has 1 atom stereocenters. The van der Waals surface area contributed by atoms with Crippen molar-refractivity contribution in [2.24, 2.45) is 0 Å². The maximum atomic E-state index is 10.8. The number of nitrogens with zero attached hydrogens (tertiary/aromatic N) is 1. The molecule has 1 unspecified atom stereocenters. The first kappa shape index (κ1) is 15.7. The summed E-state index contributed by atoms with van der Waals surface area (Å²) >= 11 is 0. The Balaban J connectivity index is 2.88. The van der Waals surface area contributed by atoms with Crippen molar-refractivity contribution in [2.45, 2.75) is 53.1 Å². The van der Waals surface area contributed by atoms with Crippen LogP contribution in [-0.2, 0) is 4.79 Å². The standard InChI is InChI=1S/C16H25NO2/c1-11(2)17(9-8-16(18)19)14(5)15-7-6-12(3)13(4)10-15/h6-7,10-11,14H,8-9H2,1-5H3,(H,18,19). The van der Waals surface area contributed by atoms with E-state index < -0.39 is 5.97 Å². The predicted octanol–water partition coefficient (Wildman–Crippen LogP) is 3.55. The summed E-state index contributed by atoms with van der Waals surface area (Å²) < 4.78 is 0. The zero-order valence-corrected chi connectivity index (χ0v) is 12.6. The molecule has 1 rings (SSSR count). The summed E-state index contributed by atoms with van der Waals surface area (Å²) in [5.74, 6) is -0.738. The monoisotopic (exact) mass is 263 g/mol. The van der Waals surface area contributed by atoms with Crippen molar-refractivity contribution in [2.75, 3.05) is 6.54 Å². The number of hydrogen-bond donors (Lipinski definition) is 1. The molecule has 1 N–H and O–H groups in total. The predicted molar refractivity (Wildman–Crippen MR) is 78.4 cm³/mol. The SMILES string of the molecule is Cc1ccc(C(C)N(CCC(=O)O)C(C)C)cc1C. The van der Waals surface area contributed by atoms with E-state index in [1.54, 1.807) is 0 Å². The van der Waals surface area contributed by atoms with Crippen LogP contribution in [0.5, 0.6) is 0 Å². The lowest BCUT2D eigenvalue weighted by Crippen LogP contribution is -2.35. The van der Waals surface area contributed by atoms with Crippen molar-refractivity contribution in [3.8, 4) is 0 Å². The summed E-state index contributed by atoms with van der Waals surface area (Å²) in [6.07, 6.45) is 0.188. The highest BCUT2D eigenvalue weighted by Gasteiger charge is 2.19. The number of carbonyl (C=O) groups is 1. The van der Waals surface area contributed by atoms with Gasteiger partial charge in [0.1, 0.15) is 0 Å². The third kappa shape index (κ3) is 4.35. The Labute approximate surface area is 116 Å². The summed E-state index contributed by atoms with van der Waals surface area (Å²) in [4.78, 5) is 13.0. The minimum absolute atomic E-state index is 0.188. The van der Waals surface area contributed by atoms with Crippen molar-refractivity contribution in [1.29, 1.82) is 0 Å². The molecule has 0 amide bonds. The minimum atomic E-state index is -0.738. The van der Waals surface area contributed by atoms with Crippen molar-refractivity contribution < 1.29 is 9.90 Å². The number of aryl methyl sites for hydroxylation is 2. The average Bonchev–Trinajstić information content (AvgIpc) is 2.31. The summed E-state index contributed by atoms with van der Waals surface area (Å²) in [6, 6.07) is 7.05. The Morgan fingerprint density at radius 3 is 2.32 bits per heavy atom. The molecule has 0 aliphatic rings. The third-order valence-electron chi connectivity index (χ3n) is 3.76. The first-order chi connectivity index (χ1) is 8.82. The molecule has 19 heavy (non-hydrogen) atoms. The lowest BCUT2D eigenvalue weighted by Gasteiger charge is -2.33. The molecule has 0 aliphatic heterocycles. The minimum Gasteiger partial charge on any atom is -0.481 e. The normalized spacial score (nSPS) is 13.0. The van der Waals surface area contributed by atoms with Crippen LogP contribution in [-0.4, -0.2) is 28.6 Å². The van der Waals surface area contributed by atoms with Gasteiger partial charge in [-0.2, -0.15) is 0 Å². The lowest BCUT2D eigenvalue weighted by molar-refractivity contribution is -0.137. The van der Waals surface area contributed by atoms with Gasteiger partial charge in [0.15, 0.2) is 0 Å². The molecule has 0 aliphatic carbocycles. The molecule has 0 fully saturated rings. The van der Waals surface area contributed by atoms with Crippen LogP contribution in [0, 0.1) is 13.8 Å². The van der Waals surface area contributed by atoms with Crippen LogP contribution in [0.25, 0.3) is 0 Å². The molecule has 0 heterocycles. The molecule has 3 nitrogen and oxygen atoms in total. The lowest BCUT2D eigenvalue weighted by atomic mass is 10.00. The van der Waals surface area contributed by atoms with Gasteiger partial charge in [0, 0.05) is 18.6 Å². The molecule has 1 aromatic rings. The van der Waals surface area contributed by atoms with Gasteiger partial charge in [-0.15, -0.1) is 0 Å². The highest BCUT2D eigenvalue weighted by molar-refractivity contribution is 5.66. The molecule has 0 bridgehead atoms. The maximum Gasteiger partial charge on any atom is 0.304 e. The highest BCUT2D eigenvalue weighted by atomic mass is 16.4. The molecule has 0 aromatic heterocycles. The van der Waals surface area contributed by atoms with E-state index in [2.05, 4.69) is 57.7 Å². The van der Waals surface area contributed by atoms with Crippen molar-refractivity contribution in [3.05, 3.63) is 34.9 Å². The van der Waals surface area contributed by atoms with Gasteiger partial charge in [0.25, 0.3) is 0 Å². The quantitative estimate of drug-likeness (QED) is 0.853. The first-order valence-electron chi connectivity index (χ1n) is 6.87. The second-order valence-electron chi connectivity index (χ2n) is 5.49. The number of hydrogen-bond acceptors (Lipinski definition) is 2. The largest absolute Gasteiger partial charge is 0.481 e. The molecular weight excluding hydrogens is 238 g/mol. The third-order valence-corrected chi connectivity index (χ3v) is 3.76. The fourth-order valence-electron chi connectivity index (χ4n) is 2.34. The zero-order chi connectivity index (χ0) is 14.6. The number of aliphatic carboxylic acids is 1. The van der Waals surface area contributed by atoms with Crippen LogP contribution in [0.15, 0.2) is 18.2 Å².